The van der Waals surface area contributed by atoms with E-state index in [1.807, 2.05) is 0 Å². The molecule has 1 amide bonds. The van der Waals surface area contributed by atoms with Gasteiger partial charge in [-0.15, -0.1) is 10.2 Å². The molecule has 0 unspecified atom stereocenters. The van der Waals surface area contributed by atoms with E-state index in [2.05, 4.69) is 20.5 Å². The Morgan fingerprint density at radius 2 is 2.04 bits per heavy atom. The fourth-order valence-electron chi connectivity index (χ4n) is 1.68. The first-order chi connectivity index (χ1) is 11.5. The number of aliphatic carboxylic acids is 1. The van der Waals surface area contributed by atoms with Crippen LogP contribution < -0.4 is 16.0 Å². The first-order valence-corrected chi connectivity index (χ1v) is 7.77. The van der Waals surface area contributed by atoms with Crippen molar-refractivity contribution in [3.8, 4) is 0 Å². The molecule has 0 saturated heterocycles. The van der Waals surface area contributed by atoms with Crippen LogP contribution in [0.25, 0.3) is 0 Å². The Labute approximate surface area is 139 Å². The summed E-state index contributed by atoms with van der Waals surface area (Å²) in [6.45, 7) is 0. The number of halogens is 1. The minimum Gasteiger partial charge on any atom is -0.550 e. The van der Waals surface area contributed by atoms with Gasteiger partial charge in [-0.2, -0.15) is 0 Å². The molecule has 2 rings (SSSR count). The lowest BCUT2D eigenvalue weighted by Gasteiger charge is -2.06. The summed E-state index contributed by atoms with van der Waals surface area (Å²) in [4.78, 5) is 36.2. The number of rotatable bonds is 7. The van der Waals surface area contributed by atoms with Crippen LogP contribution in [-0.4, -0.2) is 32.8 Å². The first kappa shape index (κ1) is 17.6. The first-order valence-electron chi connectivity index (χ1n) is 6.78. The Morgan fingerprint density at radius 3 is 2.71 bits per heavy atom. The quantitative estimate of drug-likeness (QED) is 0.656. The summed E-state index contributed by atoms with van der Waals surface area (Å²) in [6.07, 6.45) is -0.432. The predicted octanol–water partition coefficient (Wildman–Crippen LogP) is -0.283. The van der Waals surface area contributed by atoms with Crippen LogP contribution in [0.3, 0.4) is 0 Å². The van der Waals surface area contributed by atoms with E-state index in [0.29, 0.717) is 0 Å². The number of nitrogens with one attached hydrogen (secondary N) is 2. The maximum absolute atomic E-state index is 13.4. The van der Waals surface area contributed by atoms with Crippen molar-refractivity contribution in [3.05, 3.63) is 46.1 Å². The van der Waals surface area contributed by atoms with Crippen LogP contribution in [0.4, 0.5) is 10.1 Å². The second kappa shape index (κ2) is 8.20. The van der Waals surface area contributed by atoms with Crippen molar-refractivity contribution < 1.29 is 19.1 Å². The molecule has 0 atom stereocenters. The van der Waals surface area contributed by atoms with Gasteiger partial charge in [-0.05, 0) is 18.6 Å². The number of amides is 1. The summed E-state index contributed by atoms with van der Waals surface area (Å²) < 4.78 is 13.4. The molecule has 0 aliphatic rings. The van der Waals surface area contributed by atoms with Gasteiger partial charge in [0.2, 0.25) is 5.91 Å². The van der Waals surface area contributed by atoms with Gasteiger partial charge in [0, 0.05) is 12.4 Å². The number of para-hydroxylation sites is 1. The molecule has 0 spiro atoms. The van der Waals surface area contributed by atoms with E-state index < -0.39 is 23.3 Å². The Bertz CT molecular complexity index is 811. The highest BCUT2D eigenvalue weighted by molar-refractivity contribution is 7.99. The third-order valence-electron chi connectivity index (χ3n) is 2.80. The average molecular weight is 351 g/mol. The minimum absolute atomic E-state index is 0.0284. The van der Waals surface area contributed by atoms with Gasteiger partial charge >= 0.3 is 0 Å². The van der Waals surface area contributed by atoms with Crippen molar-refractivity contribution in [1.29, 1.82) is 0 Å². The number of hydrogen-bond donors (Lipinski definition) is 2. The smallest absolute Gasteiger partial charge is 0.273 e. The number of thioether (sulfide) groups is 1. The number of nitrogens with zero attached hydrogens (tertiary/aromatic N) is 2. The van der Waals surface area contributed by atoms with E-state index in [0.717, 1.165) is 11.8 Å². The summed E-state index contributed by atoms with van der Waals surface area (Å²) in [5.74, 6) is -2.44. The van der Waals surface area contributed by atoms with E-state index in [9.17, 15) is 23.9 Å². The van der Waals surface area contributed by atoms with Gasteiger partial charge < -0.3 is 15.2 Å². The largest absolute Gasteiger partial charge is 0.550 e. The zero-order chi connectivity index (χ0) is 17.5. The van der Waals surface area contributed by atoms with Crippen molar-refractivity contribution in [1.82, 2.24) is 15.2 Å². The highest BCUT2D eigenvalue weighted by Gasteiger charge is 2.10. The van der Waals surface area contributed by atoms with E-state index in [4.69, 9.17) is 0 Å². The number of aromatic amines is 1. The molecule has 126 valence electrons. The standard InChI is InChI=1S/C14H13FN4O4S/c15-8-3-1-2-4-9(8)16-11(20)7-24-14-17-13(23)10(18-19-14)5-6-12(21)22/h1-4H,5-7H2,(H,16,20)(H,21,22)(H,17,19,23)/p-1. The lowest BCUT2D eigenvalue weighted by Crippen LogP contribution is -2.25. The molecule has 0 aliphatic carbocycles. The van der Waals surface area contributed by atoms with Gasteiger partial charge in [-0.1, -0.05) is 23.9 Å². The van der Waals surface area contributed by atoms with Crippen LogP contribution >= 0.6 is 11.8 Å². The number of anilines is 1. The number of carboxylic acid groups (broad SMARTS) is 1. The number of carbonyl (C=O) groups is 2. The van der Waals surface area contributed by atoms with Gasteiger partial charge in [0.05, 0.1) is 11.4 Å². The van der Waals surface area contributed by atoms with Crippen molar-refractivity contribution in [2.75, 3.05) is 11.1 Å². The second-order valence-electron chi connectivity index (χ2n) is 4.59. The van der Waals surface area contributed by atoms with E-state index in [-0.39, 0.29) is 35.1 Å². The Balaban J connectivity index is 1.91. The molecule has 0 radical (unpaired) electrons. The van der Waals surface area contributed by atoms with Gasteiger partial charge in [0.1, 0.15) is 11.5 Å². The van der Waals surface area contributed by atoms with E-state index in [1.54, 1.807) is 6.07 Å². The van der Waals surface area contributed by atoms with E-state index in [1.165, 1.54) is 18.2 Å². The van der Waals surface area contributed by atoms with Crippen molar-refractivity contribution in [2.45, 2.75) is 18.0 Å². The van der Waals surface area contributed by atoms with Gasteiger partial charge in [-0.25, -0.2) is 4.39 Å². The molecule has 0 aliphatic heterocycles. The van der Waals surface area contributed by atoms with Crippen LogP contribution in [0, 0.1) is 5.82 Å². The number of aryl methyl sites for hydroxylation is 1. The van der Waals surface area contributed by atoms with Gasteiger partial charge in [0.15, 0.2) is 5.16 Å². The Kier molecular flexibility index (Phi) is 6.01. The van der Waals surface area contributed by atoms with Crippen LogP contribution in [0.15, 0.2) is 34.2 Å². The summed E-state index contributed by atoms with van der Waals surface area (Å²) in [7, 11) is 0. The number of hydrogen-bond acceptors (Lipinski definition) is 7. The molecule has 1 aromatic carbocycles. The maximum atomic E-state index is 13.4. The molecule has 8 nitrogen and oxygen atoms in total. The number of aromatic nitrogens is 3. The van der Waals surface area contributed by atoms with Crippen molar-refractivity contribution >= 4 is 29.3 Å². The van der Waals surface area contributed by atoms with Crippen molar-refractivity contribution in [3.63, 3.8) is 0 Å². The normalized spacial score (nSPS) is 10.4. The molecule has 0 fully saturated rings. The van der Waals surface area contributed by atoms with Crippen LogP contribution in [-0.2, 0) is 16.0 Å². The summed E-state index contributed by atoms with van der Waals surface area (Å²) in [5, 5.41) is 20.2. The zero-order valence-electron chi connectivity index (χ0n) is 12.2. The lowest BCUT2D eigenvalue weighted by molar-refractivity contribution is -0.305. The van der Waals surface area contributed by atoms with Crippen LogP contribution in [0.2, 0.25) is 0 Å². The Hall–Kier alpha value is -2.75. The third kappa shape index (κ3) is 5.16. The molecule has 0 bridgehead atoms. The molecule has 2 aromatic rings. The predicted molar refractivity (Wildman–Crippen MR) is 81.7 cm³/mol. The van der Waals surface area contributed by atoms with Crippen LogP contribution in [0.5, 0.6) is 0 Å². The number of H-pyrrole nitrogens is 1. The fraction of sp³-hybridized carbons (Fsp3) is 0.214. The number of benzene rings is 1. The van der Waals surface area contributed by atoms with Crippen LogP contribution in [0.1, 0.15) is 12.1 Å². The molecule has 2 N–H and O–H groups in total. The second-order valence-corrected chi connectivity index (χ2v) is 5.56. The SMILES string of the molecule is O=C([O-])CCc1nnc(SCC(=O)Nc2ccccc2F)[nH]c1=O. The molecule has 0 saturated carbocycles. The molecular weight excluding hydrogens is 339 g/mol. The summed E-state index contributed by atoms with van der Waals surface area (Å²) in [5.41, 5.74) is -0.553. The molecule has 24 heavy (non-hydrogen) atoms. The van der Waals surface area contributed by atoms with Gasteiger partial charge in [-0.3, -0.25) is 14.6 Å². The molecule has 10 heteroatoms. The number of carboxylic acids is 1. The molecule has 1 heterocycles. The minimum atomic E-state index is -1.29. The summed E-state index contributed by atoms with van der Waals surface area (Å²) >= 11 is 0.909. The van der Waals surface area contributed by atoms with E-state index >= 15 is 0 Å². The third-order valence-corrected chi connectivity index (χ3v) is 3.66. The highest BCUT2D eigenvalue weighted by Crippen LogP contribution is 2.14. The zero-order valence-corrected chi connectivity index (χ0v) is 13.1. The number of carbonyl (C=O) groups excluding carboxylic acids is 2. The molecule has 1 aromatic heterocycles. The maximum Gasteiger partial charge on any atom is 0.273 e. The fourth-order valence-corrected chi connectivity index (χ4v) is 2.28. The highest BCUT2D eigenvalue weighted by atomic mass is 32.2. The van der Waals surface area contributed by atoms with Crippen molar-refractivity contribution in [2.24, 2.45) is 0 Å². The Morgan fingerprint density at radius 1 is 1.29 bits per heavy atom. The topological polar surface area (TPSA) is 128 Å². The summed E-state index contributed by atoms with van der Waals surface area (Å²) in [6, 6.07) is 5.73. The molecular formula is C14H12FN4O4S-. The monoisotopic (exact) mass is 351 g/mol. The lowest BCUT2D eigenvalue weighted by atomic mass is 10.2. The average Bonchev–Trinajstić information content (AvgIpc) is 2.54. The van der Waals surface area contributed by atoms with Gasteiger partial charge in [0.25, 0.3) is 5.56 Å².